The van der Waals surface area contributed by atoms with E-state index in [0.29, 0.717) is 25.4 Å². The summed E-state index contributed by atoms with van der Waals surface area (Å²) in [4.78, 5) is 11.6. The lowest BCUT2D eigenvalue weighted by atomic mass is 10.1. The Morgan fingerprint density at radius 3 is 2.88 bits per heavy atom. The van der Waals surface area contributed by atoms with Crippen LogP contribution in [0, 0.1) is 5.82 Å². The minimum atomic E-state index is -0.650. The molecule has 1 aromatic carbocycles. The number of halogens is 1. The standard InChI is InChI=1S/C12H14FNO3/c13-11-8(9(15)4-5-14)2-3-10-12(11)17-7-1-6-16-10/h2-3H,1,4-7,14H2. The van der Waals surface area contributed by atoms with E-state index in [9.17, 15) is 9.18 Å². The van der Waals surface area contributed by atoms with E-state index in [2.05, 4.69) is 0 Å². The van der Waals surface area contributed by atoms with E-state index in [1.54, 1.807) is 6.07 Å². The Bertz CT molecular complexity index is 434. The van der Waals surface area contributed by atoms with Crippen molar-refractivity contribution in [1.29, 1.82) is 0 Å². The van der Waals surface area contributed by atoms with Gasteiger partial charge in [-0.15, -0.1) is 0 Å². The number of rotatable bonds is 3. The van der Waals surface area contributed by atoms with Crippen molar-refractivity contribution in [1.82, 2.24) is 0 Å². The third-order valence-corrected chi connectivity index (χ3v) is 2.53. The van der Waals surface area contributed by atoms with Gasteiger partial charge in [0.05, 0.1) is 18.8 Å². The summed E-state index contributed by atoms with van der Waals surface area (Å²) in [6.07, 6.45) is 0.816. The van der Waals surface area contributed by atoms with Gasteiger partial charge in [0.25, 0.3) is 0 Å². The van der Waals surface area contributed by atoms with Crippen molar-refractivity contribution < 1.29 is 18.7 Å². The number of hydrogen-bond acceptors (Lipinski definition) is 4. The van der Waals surface area contributed by atoms with E-state index in [1.807, 2.05) is 0 Å². The molecule has 0 radical (unpaired) electrons. The quantitative estimate of drug-likeness (QED) is 0.812. The molecule has 2 rings (SSSR count). The molecule has 0 aliphatic carbocycles. The van der Waals surface area contributed by atoms with Crippen LogP contribution in [0.1, 0.15) is 23.2 Å². The molecule has 0 saturated carbocycles. The van der Waals surface area contributed by atoms with Gasteiger partial charge in [0.15, 0.2) is 23.1 Å². The summed E-state index contributed by atoms with van der Waals surface area (Å²) in [5.74, 6) is -0.585. The number of fused-ring (bicyclic) bond motifs is 1. The van der Waals surface area contributed by atoms with E-state index >= 15 is 0 Å². The zero-order chi connectivity index (χ0) is 12.3. The van der Waals surface area contributed by atoms with Gasteiger partial charge < -0.3 is 15.2 Å². The van der Waals surface area contributed by atoms with Crippen LogP contribution in [0.4, 0.5) is 4.39 Å². The van der Waals surface area contributed by atoms with Crippen molar-refractivity contribution in [3.63, 3.8) is 0 Å². The number of hydrogen-bond donors (Lipinski definition) is 1. The van der Waals surface area contributed by atoms with Crippen LogP contribution in [0.25, 0.3) is 0 Å². The van der Waals surface area contributed by atoms with Crippen molar-refractivity contribution in [3.8, 4) is 11.5 Å². The van der Waals surface area contributed by atoms with E-state index in [4.69, 9.17) is 15.2 Å². The number of nitrogens with two attached hydrogens (primary N) is 1. The Balaban J connectivity index is 2.37. The van der Waals surface area contributed by atoms with Crippen molar-refractivity contribution >= 4 is 5.78 Å². The normalized spacial score (nSPS) is 14.2. The van der Waals surface area contributed by atoms with Crippen LogP contribution >= 0.6 is 0 Å². The maximum atomic E-state index is 14.0. The fourth-order valence-corrected chi connectivity index (χ4v) is 1.68. The lowest BCUT2D eigenvalue weighted by molar-refractivity contribution is 0.0980. The van der Waals surface area contributed by atoms with Gasteiger partial charge in [0.1, 0.15) is 0 Å². The van der Waals surface area contributed by atoms with Crippen LogP contribution in [0.3, 0.4) is 0 Å². The number of carbonyl (C=O) groups is 1. The van der Waals surface area contributed by atoms with Gasteiger partial charge in [-0.3, -0.25) is 4.79 Å². The molecule has 4 nitrogen and oxygen atoms in total. The SMILES string of the molecule is NCCC(=O)c1ccc2c(c1F)OCCCO2. The lowest BCUT2D eigenvalue weighted by Gasteiger charge is -2.10. The molecule has 1 aromatic rings. The van der Waals surface area contributed by atoms with Gasteiger partial charge in [-0.05, 0) is 18.7 Å². The fourth-order valence-electron chi connectivity index (χ4n) is 1.68. The van der Waals surface area contributed by atoms with Crippen LogP contribution in [0.15, 0.2) is 12.1 Å². The van der Waals surface area contributed by atoms with E-state index < -0.39 is 5.82 Å². The maximum absolute atomic E-state index is 14.0. The second-order valence-electron chi connectivity index (χ2n) is 3.77. The summed E-state index contributed by atoms with van der Waals surface area (Å²) in [6, 6.07) is 2.98. The molecule has 1 aliphatic rings. The predicted octanol–water partition coefficient (Wildman–Crippen LogP) is 1.52. The van der Waals surface area contributed by atoms with Crippen LogP contribution in [-0.2, 0) is 0 Å². The van der Waals surface area contributed by atoms with Gasteiger partial charge in [-0.1, -0.05) is 0 Å². The molecule has 0 unspecified atom stereocenters. The van der Waals surface area contributed by atoms with Crippen LogP contribution in [0.5, 0.6) is 11.5 Å². The Hall–Kier alpha value is -1.62. The second-order valence-corrected chi connectivity index (χ2v) is 3.77. The molecule has 17 heavy (non-hydrogen) atoms. The first-order valence-electron chi connectivity index (χ1n) is 5.55. The fraction of sp³-hybridized carbons (Fsp3) is 0.417. The van der Waals surface area contributed by atoms with Crippen LogP contribution < -0.4 is 15.2 Å². The summed E-state index contributed by atoms with van der Waals surface area (Å²) in [5.41, 5.74) is 5.29. The largest absolute Gasteiger partial charge is 0.489 e. The van der Waals surface area contributed by atoms with Gasteiger partial charge in [-0.2, -0.15) is 0 Å². The topological polar surface area (TPSA) is 61.6 Å². The van der Waals surface area contributed by atoms with Crippen LogP contribution in [-0.4, -0.2) is 25.5 Å². The minimum absolute atomic E-state index is 0.0136. The molecule has 0 bridgehead atoms. The summed E-state index contributed by atoms with van der Waals surface area (Å²) in [5, 5.41) is 0. The number of ether oxygens (including phenoxy) is 2. The first-order chi connectivity index (χ1) is 8.24. The highest BCUT2D eigenvalue weighted by Gasteiger charge is 2.21. The average Bonchev–Trinajstić information content (AvgIpc) is 2.55. The summed E-state index contributed by atoms with van der Waals surface area (Å²) in [7, 11) is 0. The molecule has 1 heterocycles. The van der Waals surface area contributed by atoms with Crippen LogP contribution in [0.2, 0.25) is 0 Å². The van der Waals surface area contributed by atoms with Gasteiger partial charge in [0, 0.05) is 12.8 Å². The third kappa shape index (κ3) is 2.39. The Morgan fingerprint density at radius 2 is 2.12 bits per heavy atom. The highest BCUT2D eigenvalue weighted by Crippen LogP contribution is 2.34. The molecule has 0 atom stereocenters. The van der Waals surface area contributed by atoms with Gasteiger partial charge >= 0.3 is 0 Å². The molecule has 5 heteroatoms. The smallest absolute Gasteiger partial charge is 0.197 e. The van der Waals surface area contributed by atoms with Gasteiger partial charge in [0.2, 0.25) is 0 Å². The molecule has 0 aromatic heterocycles. The Labute approximate surface area is 98.5 Å². The molecular formula is C12H14FNO3. The maximum Gasteiger partial charge on any atom is 0.197 e. The van der Waals surface area contributed by atoms with Gasteiger partial charge in [-0.25, -0.2) is 4.39 Å². The third-order valence-electron chi connectivity index (χ3n) is 2.53. The van der Waals surface area contributed by atoms with Crippen molar-refractivity contribution in [3.05, 3.63) is 23.5 Å². The molecule has 1 aliphatic heterocycles. The molecule has 0 spiro atoms. The molecule has 92 valence electrons. The zero-order valence-corrected chi connectivity index (χ0v) is 9.37. The summed E-state index contributed by atoms with van der Waals surface area (Å²) >= 11 is 0. The highest BCUT2D eigenvalue weighted by molar-refractivity contribution is 5.97. The molecule has 2 N–H and O–H groups in total. The summed E-state index contributed by atoms with van der Waals surface area (Å²) in [6.45, 7) is 1.08. The molecular weight excluding hydrogens is 225 g/mol. The minimum Gasteiger partial charge on any atom is -0.489 e. The molecule has 0 amide bonds. The van der Waals surface area contributed by atoms with E-state index in [1.165, 1.54) is 6.07 Å². The van der Waals surface area contributed by atoms with E-state index in [-0.39, 0.29) is 30.1 Å². The highest BCUT2D eigenvalue weighted by atomic mass is 19.1. The number of Topliss-reactive ketones (excluding diaryl/α,β-unsaturated/α-hetero) is 1. The second kappa shape index (κ2) is 5.14. The van der Waals surface area contributed by atoms with Crippen molar-refractivity contribution in [2.45, 2.75) is 12.8 Å². The first kappa shape index (κ1) is 11.9. The van der Waals surface area contributed by atoms with Crippen molar-refractivity contribution in [2.24, 2.45) is 5.73 Å². The number of ketones is 1. The number of benzene rings is 1. The molecule has 0 saturated heterocycles. The first-order valence-corrected chi connectivity index (χ1v) is 5.55. The Morgan fingerprint density at radius 1 is 1.35 bits per heavy atom. The lowest BCUT2D eigenvalue weighted by Crippen LogP contribution is -2.10. The Kier molecular flexibility index (Phi) is 3.58. The van der Waals surface area contributed by atoms with E-state index in [0.717, 1.165) is 0 Å². The zero-order valence-electron chi connectivity index (χ0n) is 9.37. The molecule has 0 fully saturated rings. The number of carbonyl (C=O) groups excluding carboxylic acids is 1. The summed E-state index contributed by atoms with van der Waals surface area (Å²) < 4.78 is 24.6. The predicted molar refractivity (Wildman–Crippen MR) is 60.0 cm³/mol. The monoisotopic (exact) mass is 239 g/mol. The average molecular weight is 239 g/mol. The van der Waals surface area contributed by atoms with Crippen molar-refractivity contribution in [2.75, 3.05) is 19.8 Å².